The Kier molecular flexibility index (Phi) is 5.39. The fourth-order valence-electron chi connectivity index (χ4n) is 2.18. The Bertz CT molecular complexity index is 896. The molecule has 0 aliphatic rings. The van der Waals surface area contributed by atoms with E-state index in [4.69, 9.17) is 0 Å². The Morgan fingerprint density at radius 1 is 0.760 bits per heavy atom. The number of nitrogens with one attached hydrogen (secondary N) is 2. The van der Waals surface area contributed by atoms with E-state index in [0.29, 0.717) is 22.5 Å². The summed E-state index contributed by atoms with van der Waals surface area (Å²) in [6.45, 7) is 0. The molecule has 0 spiro atoms. The minimum atomic E-state index is -0.253. The highest BCUT2D eigenvalue weighted by molar-refractivity contribution is 14.1. The minimum Gasteiger partial charge on any atom is -0.322 e. The average molecular weight is 443 g/mol. The SMILES string of the molecule is O=C(Nc1cccc(C(=O)Nc2ccncc2)c1)c1ccc(I)cc1. The number of benzene rings is 2. The molecule has 3 rings (SSSR count). The zero-order valence-electron chi connectivity index (χ0n) is 13.1. The number of carbonyl (C=O) groups is 2. The molecule has 124 valence electrons. The Morgan fingerprint density at radius 2 is 1.40 bits per heavy atom. The molecule has 6 heteroatoms. The average Bonchev–Trinajstić information content (AvgIpc) is 2.63. The van der Waals surface area contributed by atoms with Gasteiger partial charge in [0.15, 0.2) is 0 Å². The van der Waals surface area contributed by atoms with Crippen LogP contribution in [-0.4, -0.2) is 16.8 Å². The Morgan fingerprint density at radius 3 is 2.12 bits per heavy atom. The number of rotatable bonds is 4. The third kappa shape index (κ3) is 4.63. The van der Waals surface area contributed by atoms with E-state index in [0.717, 1.165) is 3.57 Å². The molecule has 0 aliphatic carbocycles. The number of anilines is 2. The molecular weight excluding hydrogens is 429 g/mol. The van der Waals surface area contributed by atoms with E-state index in [2.05, 4.69) is 38.2 Å². The maximum atomic E-state index is 12.3. The predicted molar refractivity (Wildman–Crippen MR) is 106 cm³/mol. The van der Waals surface area contributed by atoms with Crippen LogP contribution in [0.2, 0.25) is 0 Å². The summed E-state index contributed by atoms with van der Waals surface area (Å²) in [7, 11) is 0. The van der Waals surface area contributed by atoms with Crippen LogP contribution < -0.4 is 10.6 Å². The number of amides is 2. The van der Waals surface area contributed by atoms with Gasteiger partial charge in [0.05, 0.1) is 0 Å². The minimum absolute atomic E-state index is 0.219. The lowest BCUT2D eigenvalue weighted by molar-refractivity contribution is 0.101. The molecule has 0 radical (unpaired) electrons. The number of nitrogens with zero attached hydrogens (tertiary/aromatic N) is 1. The zero-order valence-corrected chi connectivity index (χ0v) is 15.2. The van der Waals surface area contributed by atoms with Crippen molar-refractivity contribution in [2.24, 2.45) is 0 Å². The van der Waals surface area contributed by atoms with E-state index in [1.54, 1.807) is 60.9 Å². The number of carbonyl (C=O) groups excluding carboxylic acids is 2. The molecule has 3 aromatic rings. The van der Waals surface area contributed by atoms with E-state index in [1.165, 1.54) is 0 Å². The molecule has 0 bridgehead atoms. The van der Waals surface area contributed by atoms with Crippen LogP contribution in [0.15, 0.2) is 73.1 Å². The zero-order chi connectivity index (χ0) is 17.6. The van der Waals surface area contributed by atoms with Gasteiger partial charge < -0.3 is 10.6 Å². The monoisotopic (exact) mass is 443 g/mol. The third-order valence-corrected chi connectivity index (χ3v) is 4.15. The summed E-state index contributed by atoms with van der Waals surface area (Å²) >= 11 is 2.18. The first-order valence-electron chi connectivity index (χ1n) is 7.50. The van der Waals surface area contributed by atoms with Crippen molar-refractivity contribution in [3.05, 3.63) is 87.8 Å². The summed E-state index contributed by atoms with van der Waals surface area (Å²) < 4.78 is 1.06. The summed E-state index contributed by atoms with van der Waals surface area (Å²) in [5.74, 6) is -0.473. The first-order valence-corrected chi connectivity index (χ1v) is 8.58. The van der Waals surface area contributed by atoms with Gasteiger partial charge in [0.25, 0.3) is 11.8 Å². The topological polar surface area (TPSA) is 71.1 Å². The van der Waals surface area contributed by atoms with E-state index < -0.39 is 0 Å². The molecule has 0 aliphatic heterocycles. The molecule has 1 aromatic heterocycles. The summed E-state index contributed by atoms with van der Waals surface area (Å²) in [6, 6.07) is 17.5. The van der Waals surface area contributed by atoms with Crippen LogP contribution in [0, 0.1) is 3.57 Å². The van der Waals surface area contributed by atoms with Crippen LogP contribution in [0.5, 0.6) is 0 Å². The van der Waals surface area contributed by atoms with Crippen molar-refractivity contribution >= 4 is 45.8 Å². The second kappa shape index (κ2) is 7.89. The Balaban J connectivity index is 1.71. The van der Waals surface area contributed by atoms with Crippen LogP contribution in [0.25, 0.3) is 0 Å². The fourth-order valence-corrected chi connectivity index (χ4v) is 2.54. The standard InChI is InChI=1S/C19H14IN3O2/c20-15-6-4-13(5-7-15)18(24)23-17-3-1-2-14(12-17)19(25)22-16-8-10-21-11-9-16/h1-12H,(H,23,24)(H,21,22,25). The molecule has 0 saturated carbocycles. The van der Waals surface area contributed by atoms with E-state index >= 15 is 0 Å². The van der Waals surface area contributed by atoms with Gasteiger partial charge in [-0.05, 0) is 77.2 Å². The van der Waals surface area contributed by atoms with Crippen molar-refractivity contribution < 1.29 is 9.59 Å². The van der Waals surface area contributed by atoms with Gasteiger partial charge in [0.2, 0.25) is 0 Å². The van der Waals surface area contributed by atoms with Crippen molar-refractivity contribution in [1.82, 2.24) is 4.98 Å². The number of hydrogen-bond acceptors (Lipinski definition) is 3. The van der Waals surface area contributed by atoms with Crippen LogP contribution in [-0.2, 0) is 0 Å². The number of halogens is 1. The highest BCUT2D eigenvalue weighted by Gasteiger charge is 2.09. The highest BCUT2D eigenvalue weighted by Crippen LogP contribution is 2.15. The van der Waals surface area contributed by atoms with Crippen molar-refractivity contribution in [3.63, 3.8) is 0 Å². The van der Waals surface area contributed by atoms with Gasteiger partial charge in [-0.15, -0.1) is 0 Å². The third-order valence-electron chi connectivity index (χ3n) is 3.43. The van der Waals surface area contributed by atoms with Crippen LogP contribution >= 0.6 is 22.6 Å². The smallest absolute Gasteiger partial charge is 0.255 e. The second-order valence-electron chi connectivity index (χ2n) is 5.23. The first kappa shape index (κ1) is 17.1. The first-order chi connectivity index (χ1) is 12.1. The summed E-state index contributed by atoms with van der Waals surface area (Å²) in [5.41, 5.74) is 2.24. The molecule has 0 atom stereocenters. The van der Waals surface area contributed by atoms with E-state index in [9.17, 15) is 9.59 Å². The largest absolute Gasteiger partial charge is 0.322 e. The van der Waals surface area contributed by atoms with Gasteiger partial charge in [-0.2, -0.15) is 0 Å². The molecule has 2 amide bonds. The van der Waals surface area contributed by atoms with Crippen molar-refractivity contribution in [1.29, 1.82) is 0 Å². The van der Waals surface area contributed by atoms with Gasteiger partial charge in [-0.25, -0.2) is 0 Å². The molecular formula is C19H14IN3O2. The van der Waals surface area contributed by atoms with Gasteiger partial charge in [-0.3, -0.25) is 14.6 Å². The van der Waals surface area contributed by atoms with Crippen LogP contribution in [0.1, 0.15) is 20.7 Å². The van der Waals surface area contributed by atoms with Crippen LogP contribution in [0.4, 0.5) is 11.4 Å². The normalized spacial score (nSPS) is 10.1. The predicted octanol–water partition coefficient (Wildman–Crippen LogP) is 4.19. The van der Waals surface area contributed by atoms with Crippen molar-refractivity contribution in [2.45, 2.75) is 0 Å². The van der Waals surface area contributed by atoms with Gasteiger partial charge in [-0.1, -0.05) is 6.07 Å². The molecule has 2 N–H and O–H groups in total. The van der Waals surface area contributed by atoms with E-state index in [-0.39, 0.29) is 11.8 Å². The fraction of sp³-hybridized carbons (Fsp3) is 0. The second-order valence-corrected chi connectivity index (χ2v) is 6.48. The molecule has 5 nitrogen and oxygen atoms in total. The molecule has 0 unspecified atom stereocenters. The lowest BCUT2D eigenvalue weighted by atomic mass is 10.1. The molecule has 2 aromatic carbocycles. The number of pyridine rings is 1. The van der Waals surface area contributed by atoms with Gasteiger partial charge in [0, 0.05) is 38.5 Å². The summed E-state index contributed by atoms with van der Waals surface area (Å²) in [5, 5.41) is 5.59. The maximum absolute atomic E-state index is 12.3. The van der Waals surface area contributed by atoms with Crippen molar-refractivity contribution in [2.75, 3.05) is 10.6 Å². The quantitative estimate of drug-likeness (QED) is 0.595. The number of hydrogen-bond donors (Lipinski definition) is 2. The molecule has 0 fully saturated rings. The van der Waals surface area contributed by atoms with Gasteiger partial charge in [0.1, 0.15) is 0 Å². The van der Waals surface area contributed by atoms with Crippen molar-refractivity contribution in [3.8, 4) is 0 Å². The van der Waals surface area contributed by atoms with Crippen LogP contribution in [0.3, 0.4) is 0 Å². The highest BCUT2D eigenvalue weighted by atomic mass is 127. The Hall–Kier alpha value is -2.74. The lowest BCUT2D eigenvalue weighted by Gasteiger charge is -2.08. The molecule has 0 saturated heterocycles. The molecule has 1 heterocycles. The van der Waals surface area contributed by atoms with E-state index in [1.807, 2.05) is 12.1 Å². The summed E-state index contributed by atoms with van der Waals surface area (Å²) in [4.78, 5) is 28.5. The Labute approximate surface area is 158 Å². The lowest BCUT2D eigenvalue weighted by Crippen LogP contribution is -2.14. The van der Waals surface area contributed by atoms with Gasteiger partial charge >= 0.3 is 0 Å². The molecule has 25 heavy (non-hydrogen) atoms. The number of aromatic nitrogens is 1. The maximum Gasteiger partial charge on any atom is 0.255 e. The summed E-state index contributed by atoms with van der Waals surface area (Å²) in [6.07, 6.45) is 3.21.